The van der Waals surface area contributed by atoms with Gasteiger partial charge in [0.15, 0.2) is 0 Å². The molecule has 0 aliphatic heterocycles. The van der Waals surface area contributed by atoms with Gasteiger partial charge in [-0.2, -0.15) is 0 Å². The highest BCUT2D eigenvalue weighted by molar-refractivity contribution is 6.12. The van der Waals surface area contributed by atoms with Crippen molar-refractivity contribution in [3.8, 4) is 0 Å². The van der Waals surface area contributed by atoms with Gasteiger partial charge >= 0.3 is 0 Å². The van der Waals surface area contributed by atoms with Crippen LogP contribution in [0.3, 0.4) is 0 Å². The number of rotatable bonds is 5. The molecule has 0 bridgehead atoms. The molecule has 0 atom stereocenters. The third-order valence-corrected chi connectivity index (χ3v) is 4.24. The van der Waals surface area contributed by atoms with Crippen LogP contribution in [0.25, 0.3) is 10.8 Å². The second kappa shape index (κ2) is 7.62. The summed E-state index contributed by atoms with van der Waals surface area (Å²) in [5, 5.41) is 6.83. The molecule has 0 radical (unpaired) electrons. The van der Waals surface area contributed by atoms with Crippen LogP contribution in [0.1, 0.15) is 16.7 Å². The standard InChI is InChI=1S/C23H18N2O/c1-2-9-19(10-3-1)23(20-13-7-15-24-16-20)25-26-17-21-12-6-11-18-8-4-5-14-22(18)21/h1-16H,17H2. The fraction of sp³-hybridized carbons (Fsp3) is 0.0435. The van der Waals surface area contributed by atoms with E-state index in [1.807, 2.05) is 60.7 Å². The Labute approximate surface area is 152 Å². The van der Waals surface area contributed by atoms with E-state index in [9.17, 15) is 0 Å². The van der Waals surface area contributed by atoms with E-state index in [0.717, 1.165) is 22.4 Å². The van der Waals surface area contributed by atoms with Gasteiger partial charge in [-0.3, -0.25) is 4.98 Å². The fourth-order valence-electron chi connectivity index (χ4n) is 2.96. The van der Waals surface area contributed by atoms with Crippen LogP contribution in [0.4, 0.5) is 0 Å². The molecule has 0 fully saturated rings. The minimum absolute atomic E-state index is 0.415. The first-order chi connectivity index (χ1) is 12.9. The Balaban J connectivity index is 1.63. The summed E-state index contributed by atoms with van der Waals surface area (Å²) in [5.74, 6) is 0. The Hall–Kier alpha value is -3.46. The normalized spacial score (nSPS) is 11.5. The maximum atomic E-state index is 5.76. The van der Waals surface area contributed by atoms with E-state index >= 15 is 0 Å². The van der Waals surface area contributed by atoms with Crippen LogP contribution in [0.2, 0.25) is 0 Å². The number of benzene rings is 3. The first kappa shape index (κ1) is 16.0. The van der Waals surface area contributed by atoms with Crippen LogP contribution in [-0.2, 0) is 11.4 Å². The van der Waals surface area contributed by atoms with E-state index in [2.05, 4.69) is 34.4 Å². The van der Waals surface area contributed by atoms with Crippen molar-refractivity contribution in [3.05, 3.63) is 114 Å². The lowest BCUT2D eigenvalue weighted by Gasteiger charge is -2.08. The number of fused-ring (bicyclic) bond motifs is 1. The van der Waals surface area contributed by atoms with Crippen LogP contribution < -0.4 is 0 Å². The van der Waals surface area contributed by atoms with Crippen LogP contribution in [-0.4, -0.2) is 10.7 Å². The van der Waals surface area contributed by atoms with E-state index < -0.39 is 0 Å². The molecule has 126 valence electrons. The lowest BCUT2D eigenvalue weighted by Crippen LogP contribution is -2.05. The van der Waals surface area contributed by atoms with Gasteiger partial charge in [0.05, 0.1) is 0 Å². The smallest absolute Gasteiger partial charge is 0.142 e. The fourth-order valence-corrected chi connectivity index (χ4v) is 2.96. The highest BCUT2D eigenvalue weighted by Crippen LogP contribution is 2.19. The molecule has 0 saturated heterocycles. The van der Waals surface area contributed by atoms with Crippen molar-refractivity contribution in [1.82, 2.24) is 4.98 Å². The summed E-state index contributed by atoms with van der Waals surface area (Å²) < 4.78 is 0. The van der Waals surface area contributed by atoms with Crippen molar-refractivity contribution in [2.45, 2.75) is 6.61 Å². The van der Waals surface area contributed by atoms with E-state index in [-0.39, 0.29) is 0 Å². The Bertz CT molecular complexity index is 981. The average molecular weight is 338 g/mol. The van der Waals surface area contributed by atoms with Gasteiger partial charge in [-0.05, 0) is 28.5 Å². The summed E-state index contributed by atoms with van der Waals surface area (Å²) in [6.07, 6.45) is 3.55. The summed E-state index contributed by atoms with van der Waals surface area (Å²) in [6.45, 7) is 0.415. The molecule has 1 aromatic heterocycles. The van der Waals surface area contributed by atoms with Crippen molar-refractivity contribution in [1.29, 1.82) is 0 Å². The lowest BCUT2D eigenvalue weighted by atomic mass is 10.0. The summed E-state index contributed by atoms with van der Waals surface area (Å²) >= 11 is 0. The second-order valence-electron chi connectivity index (χ2n) is 5.96. The predicted molar refractivity (Wildman–Crippen MR) is 105 cm³/mol. The molecule has 3 heteroatoms. The van der Waals surface area contributed by atoms with Crippen molar-refractivity contribution in [3.63, 3.8) is 0 Å². The number of hydrogen-bond donors (Lipinski definition) is 0. The van der Waals surface area contributed by atoms with Gasteiger partial charge in [0.1, 0.15) is 12.3 Å². The highest BCUT2D eigenvalue weighted by Gasteiger charge is 2.08. The molecular formula is C23H18N2O. The summed E-state index contributed by atoms with van der Waals surface area (Å²) in [7, 11) is 0. The molecule has 0 saturated carbocycles. The predicted octanol–water partition coefficient (Wildman–Crippen LogP) is 5.20. The lowest BCUT2D eigenvalue weighted by molar-refractivity contribution is 0.132. The number of pyridine rings is 1. The quantitative estimate of drug-likeness (QED) is 0.370. The molecule has 1 heterocycles. The number of hydrogen-bond acceptors (Lipinski definition) is 3. The second-order valence-corrected chi connectivity index (χ2v) is 5.96. The molecule has 0 amide bonds. The van der Waals surface area contributed by atoms with E-state index in [1.54, 1.807) is 12.4 Å². The summed E-state index contributed by atoms with van der Waals surface area (Å²) in [4.78, 5) is 9.96. The largest absolute Gasteiger partial charge is 0.390 e. The molecule has 0 aliphatic rings. The Morgan fingerprint density at radius 3 is 2.38 bits per heavy atom. The van der Waals surface area contributed by atoms with Crippen LogP contribution in [0.15, 0.2) is 102 Å². The third kappa shape index (κ3) is 3.47. The minimum Gasteiger partial charge on any atom is -0.390 e. The topological polar surface area (TPSA) is 34.5 Å². The molecule has 0 N–H and O–H groups in total. The zero-order valence-electron chi connectivity index (χ0n) is 14.2. The molecule has 26 heavy (non-hydrogen) atoms. The summed E-state index contributed by atoms with van der Waals surface area (Å²) in [6, 6.07) is 28.4. The number of nitrogens with zero attached hydrogens (tertiary/aromatic N) is 2. The number of oxime groups is 1. The molecular weight excluding hydrogens is 320 g/mol. The SMILES string of the molecule is c1ccc(C(=NOCc2cccc3ccccc23)c2cccnc2)cc1. The van der Waals surface area contributed by atoms with Crippen molar-refractivity contribution in [2.75, 3.05) is 0 Å². The van der Waals surface area contributed by atoms with E-state index in [4.69, 9.17) is 4.84 Å². The third-order valence-electron chi connectivity index (χ3n) is 4.24. The Morgan fingerprint density at radius 1 is 0.769 bits per heavy atom. The molecule has 0 unspecified atom stereocenters. The van der Waals surface area contributed by atoms with Gasteiger partial charge < -0.3 is 4.84 Å². The van der Waals surface area contributed by atoms with Gasteiger partial charge in [-0.15, -0.1) is 0 Å². The Kier molecular flexibility index (Phi) is 4.70. The van der Waals surface area contributed by atoms with Crippen molar-refractivity contribution >= 4 is 16.5 Å². The maximum Gasteiger partial charge on any atom is 0.142 e. The molecule has 0 spiro atoms. The number of aromatic nitrogens is 1. The molecule has 4 aromatic rings. The maximum absolute atomic E-state index is 5.76. The monoisotopic (exact) mass is 338 g/mol. The molecule has 4 rings (SSSR count). The van der Waals surface area contributed by atoms with Crippen molar-refractivity contribution < 1.29 is 4.84 Å². The van der Waals surface area contributed by atoms with E-state index in [1.165, 1.54) is 10.8 Å². The van der Waals surface area contributed by atoms with Gasteiger partial charge in [-0.1, -0.05) is 78.0 Å². The van der Waals surface area contributed by atoms with Gasteiger partial charge in [0.25, 0.3) is 0 Å². The van der Waals surface area contributed by atoms with Gasteiger partial charge in [0, 0.05) is 23.5 Å². The molecule has 3 nitrogen and oxygen atoms in total. The Morgan fingerprint density at radius 2 is 1.54 bits per heavy atom. The minimum atomic E-state index is 0.415. The van der Waals surface area contributed by atoms with E-state index in [0.29, 0.717) is 6.61 Å². The van der Waals surface area contributed by atoms with Crippen LogP contribution >= 0.6 is 0 Å². The summed E-state index contributed by atoms with van der Waals surface area (Å²) in [5.41, 5.74) is 3.82. The molecule has 3 aromatic carbocycles. The first-order valence-corrected chi connectivity index (χ1v) is 8.54. The highest BCUT2D eigenvalue weighted by atomic mass is 16.6. The van der Waals surface area contributed by atoms with Crippen molar-refractivity contribution in [2.24, 2.45) is 5.16 Å². The van der Waals surface area contributed by atoms with Crippen LogP contribution in [0, 0.1) is 0 Å². The zero-order valence-corrected chi connectivity index (χ0v) is 14.2. The van der Waals surface area contributed by atoms with Gasteiger partial charge in [-0.25, -0.2) is 0 Å². The van der Waals surface area contributed by atoms with Gasteiger partial charge in [0.2, 0.25) is 0 Å². The zero-order chi connectivity index (χ0) is 17.6. The van der Waals surface area contributed by atoms with Crippen LogP contribution in [0.5, 0.6) is 0 Å². The first-order valence-electron chi connectivity index (χ1n) is 8.54. The average Bonchev–Trinajstić information content (AvgIpc) is 2.72. The molecule has 0 aliphatic carbocycles.